The molecule has 254 valence electrons. The monoisotopic (exact) mass is 655 g/mol. The number of carboxylic acids is 1. The lowest BCUT2D eigenvalue weighted by atomic mass is 10.1. The van der Waals surface area contributed by atoms with Gasteiger partial charge in [0.25, 0.3) is 11.8 Å². The largest absolute Gasteiger partial charge is 0.481 e. The standard InChI is InChI=1S/C31H41N7O9/c1-3-32-29(43)24-11-8-14-37(24)25(39)20-47-26-19-23(34-38(26)21-9-6-5-7-10-21)28(42)33-22(12-13-27(40)41)30(44)35-15-17-36(18-16-35)31(45)46-4-2/h5-7,9-10,19,22,24H,3-4,8,11-18,20H2,1-2H3,(H,32,43)(H,33,42)(H,40,41). The van der Waals surface area contributed by atoms with E-state index in [1.165, 1.54) is 25.4 Å². The second kappa shape index (κ2) is 16.4. The Labute approximate surface area is 271 Å². The molecule has 47 heavy (non-hydrogen) atoms. The van der Waals surface area contributed by atoms with Crippen molar-refractivity contribution >= 4 is 35.7 Å². The molecular weight excluding hydrogens is 614 g/mol. The highest BCUT2D eigenvalue weighted by Gasteiger charge is 2.35. The number of ether oxygens (including phenoxy) is 2. The first-order valence-electron chi connectivity index (χ1n) is 15.7. The molecule has 2 aliphatic heterocycles. The Kier molecular flexibility index (Phi) is 12.1. The molecule has 0 radical (unpaired) electrons. The lowest BCUT2D eigenvalue weighted by molar-refractivity contribution is -0.140. The van der Waals surface area contributed by atoms with Crippen LogP contribution in [0, 0.1) is 0 Å². The highest BCUT2D eigenvalue weighted by atomic mass is 16.6. The molecule has 2 fully saturated rings. The molecule has 1 aromatic carbocycles. The van der Waals surface area contributed by atoms with E-state index in [1.807, 2.05) is 0 Å². The van der Waals surface area contributed by atoms with Gasteiger partial charge in [-0.3, -0.25) is 24.0 Å². The van der Waals surface area contributed by atoms with Crippen LogP contribution in [0.5, 0.6) is 5.88 Å². The fraction of sp³-hybridized carbons (Fsp3) is 0.516. The van der Waals surface area contributed by atoms with E-state index < -0.39 is 48.5 Å². The molecule has 2 saturated heterocycles. The summed E-state index contributed by atoms with van der Waals surface area (Å²) in [6.07, 6.45) is 0.210. The lowest BCUT2D eigenvalue weighted by Gasteiger charge is -2.35. The second-order valence-corrected chi connectivity index (χ2v) is 11.0. The number of para-hydroxylation sites is 1. The van der Waals surface area contributed by atoms with Crippen LogP contribution in [0.3, 0.4) is 0 Å². The van der Waals surface area contributed by atoms with Crippen LogP contribution in [-0.2, 0) is 23.9 Å². The average molecular weight is 656 g/mol. The first-order chi connectivity index (χ1) is 22.6. The smallest absolute Gasteiger partial charge is 0.409 e. The zero-order valence-electron chi connectivity index (χ0n) is 26.6. The maximum Gasteiger partial charge on any atom is 0.409 e. The number of hydrogen-bond donors (Lipinski definition) is 3. The van der Waals surface area contributed by atoms with E-state index in [0.29, 0.717) is 31.6 Å². The van der Waals surface area contributed by atoms with Crippen LogP contribution in [0.4, 0.5) is 4.79 Å². The Morgan fingerprint density at radius 3 is 2.36 bits per heavy atom. The minimum Gasteiger partial charge on any atom is -0.481 e. The minimum atomic E-state index is -1.18. The van der Waals surface area contributed by atoms with Crippen LogP contribution in [0.15, 0.2) is 36.4 Å². The van der Waals surface area contributed by atoms with Crippen LogP contribution >= 0.6 is 0 Å². The Morgan fingerprint density at radius 1 is 1.00 bits per heavy atom. The van der Waals surface area contributed by atoms with Crippen LogP contribution in [0.1, 0.15) is 50.0 Å². The number of hydrogen-bond acceptors (Lipinski definition) is 9. The molecule has 0 bridgehead atoms. The van der Waals surface area contributed by atoms with Gasteiger partial charge in [0, 0.05) is 51.8 Å². The summed E-state index contributed by atoms with van der Waals surface area (Å²) < 4.78 is 12.2. The zero-order chi connectivity index (χ0) is 33.9. The first kappa shape index (κ1) is 34.7. The molecule has 2 unspecified atom stereocenters. The van der Waals surface area contributed by atoms with Gasteiger partial charge in [0.15, 0.2) is 12.3 Å². The van der Waals surface area contributed by atoms with E-state index in [9.17, 15) is 33.9 Å². The Hall–Kier alpha value is -5.15. The molecule has 0 saturated carbocycles. The number of aromatic nitrogens is 2. The number of nitrogens with one attached hydrogen (secondary N) is 2. The predicted octanol–water partition coefficient (Wildman–Crippen LogP) is 0.642. The van der Waals surface area contributed by atoms with Gasteiger partial charge in [0.2, 0.25) is 17.7 Å². The number of carboxylic acid groups (broad SMARTS) is 1. The molecule has 4 rings (SSSR count). The molecule has 16 heteroatoms. The molecule has 2 aliphatic rings. The third-order valence-corrected chi connectivity index (χ3v) is 7.85. The van der Waals surface area contributed by atoms with Gasteiger partial charge in [-0.25, -0.2) is 9.48 Å². The van der Waals surface area contributed by atoms with Crippen molar-refractivity contribution in [3.63, 3.8) is 0 Å². The van der Waals surface area contributed by atoms with Crippen LogP contribution < -0.4 is 15.4 Å². The zero-order valence-corrected chi connectivity index (χ0v) is 26.6. The van der Waals surface area contributed by atoms with E-state index in [1.54, 1.807) is 44.2 Å². The summed E-state index contributed by atoms with van der Waals surface area (Å²) in [5, 5.41) is 19.0. The third kappa shape index (κ3) is 8.98. The van der Waals surface area contributed by atoms with Crippen LogP contribution in [-0.4, -0.2) is 130 Å². The van der Waals surface area contributed by atoms with Gasteiger partial charge in [0.05, 0.1) is 12.3 Å². The van der Waals surface area contributed by atoms with Crippen molar-refractivity contribution in [3.8, 4) is 11.6 Å². The van der Waals surface area contributed by atoms with E-state index in [2.05, 4.69) is 15.7 Å². The number of aliphatic carboxylic acids is 1. The van der Waals surface area contributed by atoms with E-state index >= 15 is 0 Å². The summed E-state index contributed by atoms with van der Waals surface area (Å²) in [7, 11) is 0. The summed E-state index contributed by atoms with van der Waals surface area (Å²) in [5.74, 6) is -2.91. The summed E-state index contributed by atoms with van der Waals surface area (Å²) in [4.78, 5) is 80.3. The van der Waals surface area contributed by atoms with Crippen molar-refractivity contribution in [1.29, 1.82) is 0 Å². The highest BCUT2D eigenvalue weighted by Crippen LogP contribution is 2.22. The average Bonchev–Trinajstić information content (AvgIpc) is 3.74. The quantitative estimate of drug-likeness (QED) is 0.276. The van der Waals surface area contributed by atoms with Crippen molar-refractivity contribution in [2.45, 2.75) is 51.6 Å². The van der Waals surface area contributed by atoms with E-state index in [-0.39, 0.29) is 63.1 Å². The van der Waals surface area contributed by atoms with Gasteiger partial charge >= 0.3 is 12.1 Å². The van der Waals surface area contributed by atoms with Gasteiger partial charge in [-0.1, -0.05) is 18.2 Å². The summed E-state index contributed by atoms with van der Waals surface area (Å²) in [6, 6.07) is 8.34. The summed E-state index contributed by atoms with van der Waals surface area (Å²) in [5.41, 5.74) is 0.409. The number of carbonyl (C=O) groups is 6. The SMILES string of the molecule is CCNC(=O)C1CCCN1C(=O)COc1cc(C(=O)NC(CCC(=O)O)C(=O)N2CCN(C(=O)OCC)CC2)nn1-c1ccccc1. The Bertz CT molecular complexity index is 1440. The maximum atomic E-state index is 13.5. The topological polar surface area (TPSA) is 193 Å². The Morgan fingerprint density at radius 2 is 1.70 bits per heavy atom. The van der Waals surface area contributed by atoms with Gasteiger partial charge in [-0.05, 0) is 45.2 Å². The number of likely N-dealkylation sites (N-methyl/N-ethyl adjacent to an activating group) is 1. The van der Waals surface area contributed by atoms with Crippen LogP contribution in [0.25, 0.3) is 5.69 Å². The second-order valence-electron chi connectivity index (χ2n) is 11.0. The van der Waals surface area contributed by atoms with E-state index in [4.69, 9.17) is 9.47 Å². The van der Waals surface area contributed by atoms with Crippen molar-refractivity contribution in [2.75, 3.05) is 52.5 Å². The van der Waals surface area contributed by atoms with Gasteiger partial charge < -0.3 is 39.9 Å². The number of benzene rings is 1. The number of nitrogens with zero attached hydrogens (tertiary/aromatic N) is 5. The number of piperazine rings is 1. The molecule has 2 aromatic rings. The molecular formula is C31H41N7O9. The third-order valence-electron chi connectivity index (χ3n) is 7.85. The molecule has 2 atom stereocenters. The predicted molar refractivity (Wildman–Crippen MR) is 166 cm³/mol. The highest BCUT2D eigenvalue weighted by molar-refractivity contribution is 5.96. The molecule has 5 amide bonds. The lowest BCUT2D eigenvalue weighted by Crippen LogP contribution is -2.56. The van der Waals surface area contributed by atoms with Gasteiger partial charge in [-0.2, -0.15) is 5.10 Å². The number of carbonyl (C=O) groups excluding carboxylic acids is 5. The fourth-order valence-electron chi connectivity index (χ4n) is 5.48. The van der Waals surface area contributed by atoms with Crippen molar-refractivity contribution in [3.05, 3.63) is 42.1 Å². The number of rotatable bonds is 13. The summed E-state index contributed by atoms with van der Waals surface area (Å²) in [6.45, 7) is 5.01. The molecule has 0 aliphatic carbocycles. The maximum absolute atomic E-state index is 13.5. The first-order valence-corrected chi connectivity index (χ1v) is 15.7. The molecule has 16 nitrogen and oxygen atoms in total. The summed E-state index contributed by atoms with van der Waals surface area (Å²) >= 11 is 0. The molecule has 3 N–H and O–H groups in total. The van der Waals surface area contributed by atoms with Gasteiger partial charge in [0.1, 0.15) is 12.1 Å². The Balaban J connectivity index is 1.49. The van der Waals surface area contributed by atoms with Gasteiger partial charge in [-0.15, -0.1) is 0 Å². The number of amides is 5. The van der Waals surface area contributed by atoms with Crippen molar-refractivity contribution in [2.24, 2.45) is 0 Å². The molecule has 1 aromatic heterocycles. The molecule has 0 spiro atoms. The molecule has 3 heterocycles. The normalized spacial score (nSPS) is 16.7. The van der Waals surface area contributed by atoms with Crippen molar-refractivity contribution in [1.82, 2.24) is 35.1 Å². The van der Waals surface area contributed by atoms with Crippen LogP contribution in [0.2, 0.25) is 0 Å². The van der Waals surface area contributed by atoms with E-state index in [0.717, 1.165) is 0 Å². The minimum absolute atomic E-state index is 0.0759. The number of likely N-dealkylation sites (tertiary alicyclic amines) is 1. The fourth-order valence-corrected chi connectivity index (χ4v) is 5.48. The van der Waals surface area contributed by atoms with Crippen molar-refractivity contribution < 1.29 is 43.3 Å².